The largest absolute Gasteiger partial charge is 0.492 e. The molecule has 0 radical (unpaired) electrons. The Morgan fingerprint density at radius 2 is 1.55 bits per heavy atom. The Hall–Kier alpha value is -4.47. The van der Waals surface area contributed by atoms with Crippen LogP contribution in [0.2, 0.25) is 0 Å². The van der Waals surface area contributed by atoms with Crippen LogP contribution in [0, 0.1) is 0 Å². The first kappa shape index (κ1) is 34.4. The van der Waals surface area contributed by atoms with Gasteiger partial charge in [-0.2, -0.15) is 0 Å². The molecule has 0 spiro atoms. The lowest BCUT2D eigenvalue weighted by molar-refractivity contribution is 0.149. The number of fused-ring (bicyclic) bond motifs is 4. The van der Waals surface area contributed by atoms with E-state index in [1.165, 1.54) is 16.7 Å². The van der Waals surface area contributed by atoms with Crippen LogP contribution in [0.1, 0.15) is 80.0 Å². The highest BCUT2D eigenvalue weighted by Crippen LogP contribution is 2.35. The average molecular weight is 662 g/mol. The molecule has 49 heavy (non-hydrogen) atoms. The predicted octanol–water partition coefficient (Wildman–Crippen LogP) is 7.53. The van der Waals surface area contributed by atoms with Gasteiger partial charge in [-0.15, -0.1) is 5.10 Å². The van der Waals surface area contributed by atoms with Gasteiger partial charge >= 0.3 is 0 Å². The summed E-state index contributed by atoms with van der Waals surface area (Å²) in [7, 11) is 0. The number of nitrogens with zero attached hydrogens (tertiary/aromatic N) is 7. The van der Waals surface area contributed by atoms with E-state index in [0.29, 0.717) is 26.1 Å². The molecule has 3 heterocycles. The van der Waals surface area contributed by atoms with E-state index in [-0.39, 0.29) is 6.04 Å². The highest BCUT2D eigenvalue weighted by Gasteiger charge is 2.29. The predicted molar refractivity (Wildman–Crippen MR) is 195 cm³/mol. The molecule has 2 aromatic heterocycles. The summed E-state index contributed by atoms with van der Waals surface area (Å²) in [5, 5.41) is 9.08. The second-order valence-corrected chi connectivity index (χ2v) is 12.9. The average Bonchev–Trinajstić information content (AvgIpc) is 3.76. The third kappa shape index (κ3) is 9.16. The molecule has 0 saturated carbocycles. The molecule has 258 valence electrons. The Labute approximate surface area is 291 Å². The van der Waals surface area contributed by atoms with E-state index in [1.54, 1.807) is 0 Å². The second kappa shape index (κ2) is 17.3. The lowest BCUT2D eigenvalue weighted by Gasteiger charge is -2.30. The zero-order chi connectivity index (χ0) is 33.8. The number of hydrogen-bond acceptors (Lipinski definition) is 8. The smallest absolute Gasteiger partial charge is 0.220 e. The summed E-state index contributed by atoms with van der Waals surface area (Å²) in [6.07, 6.45) is 5.65. The fourth-order valence-electron chi connectivity index (χ4n) is 6.72. The zero-order valence-electron chi connectivity index (χ0n) is 29.4. The Kier molecular flexibility index (Phi) is 12.1. The Morgan fingerprint density at radius 3 is 2.31 bits per heavy atom. The molecule has 9 nitrogen and oxygen atoms in total. The second-order valence-electron chi connectivity index (χ2n) is 12.9. The fraction of sp³-hybridized carbons (Fsp3) is 0.425. The summed E-state index contributed by atoms with van der Waals surface area (Å²) in [6.45, 7) is 14.0. The molecule has 3 aromatic carbocycles. The van der Waals surface area contributed by atoms with Crippen LogP contribution in [0.15, 0.2) is 95.5 Å². The van der Waals surface area contributed by atoms with Crippen molar-refractivity contribution in [1.82, 2.24) is 29.8 Å². The van der Waals surface area contributed by atoms with Crippen LogP contribution in [0.4, 0.5) is 5.88 Å². The quantitative estimate of drug-likeness (QED) is 0.128. The minimum atomic E-state index is -0.000798. The van der Waals surface area contributed by atoms with Gasteiger partial charge in [0, 0.05) is 38.2 Å². The van der Waals surface area contributed by atoms with Gasteiger partial charge in [0.1, 0.15) is 23.7 Å². The zero-order valence-corrected chi connectivity index (χ0v) is 29.4. The van der Waals surface area contributed by atoms with E-state index in [4.69, 9.17) is 14.1 Å². The highest BCUT2D eigenvalue weighted by atomic mass is 16.5. The summed E-state index contributed by atoms with van der Waals surface area (Å²) in [4.78, 5) is 12.5. The van der Waals surface area contributed by atoms with Gasteiger partial charge in [0.2, 0.25) is 11.8 Å². The van der Waals surface area contributed by atoms with Gasteiger partial charge in [-0.25, -0.2) is 4.98 Å². The van der Waals surface area contributed by atoms with Crippen LogP contribution in [-0.4, -0.2) is 62.6 Å². The third-order valence-electron chi connectivity index (χ3n) is 9.45. The molecule has 4 bridgehead atoms. The van der Waals surface area contributed by atoms with E-state index >= 15 is 0 Å². The molecule has 5 aromatic rings. The SMILES string of the molecule is CCC1c2nc(Cc3ccccc3)c(o2)N(Cc2ccccc2)Cc2cn(nn2)CCCCN1Cc1ccccc1OCCN(CC)CC. The molecule has 1 aliphatic heterocycles. The van der Waals surface area contributed by atoms with Crippen molar-refractivity contribution in [2.45, 2.75) is 78.7 Å². The van der Waals surface area contributed by atoms with E-state index in [0.717, 1.165) is 87.4 Å². The topological polar surface area (TPSA) is 75.7 Å². The number of para-hydroxylation sites is 1. The Balaban J connectivity index is 1.36. The number of aromatic nitrogens is 4. The third-order valence-corrected chi connectivity index (χ3v) is 9.45. The monoisotopic (exact) mass is 661 g/mol. The van der Waals surface area contributed by atoms with Crippen LogP contribution >= 0.6 is 0 Å². The van der Waals surface area contributed by atoms with E-state index in [2.05, 4.69) is 137 Å². The first-order valence-corrected chi connectivity index (χ1v) is 18.0. The Bertz CT molecular complexity index is 1700. The molecular weight excluding hydrogens is 610 g/mol. The number of anilines is 1. The van der Waals surface area contributed by atoms with Gasteiger partial charge in [-0.05, 0) is 56.1 Å². The van der Waals surface area contributed by atoms with Gasteiger partial charge < -0.3 is 19.0 Å². The number of benzene rings is 3. The van der Waals surface area contributed by atoms with Crippen molar-refractivity contribution in [3.63, 3.8) is 0 Å². The summed E-state index contributed by atoms with van der Waals surface area (Å²) < 4.78 is 15.4. The maximum absolute atomic E-state index is 6.96. The van der Waals surface area contributed by atoms with Crippen LogP contribution in [-0.2, 0) is 32.6 Å². The maximum Gasteiger partial charge on any atom is 0.220 e. The summed E-state index contributed by atoms with van der Waals surface area (Å²) in [5.74, 6) is 2.51. The summed E-state index contributed by atoms with van der Waals surface area (Å²) >= 11 is 0. The standard InChI is InChI=1S/C40H51N7O2/c1-4-37-39-41-36(27-32-17-9-7-10-18-32)40(49-39)46(28-33-19-11-8-12-20-33)30-35-31-47(43-42-35)24-16-15-23-45(37)29-34-21-13-14-22-38(34)48-26-25-44(5-2)6-3/h7-14,17-22,31,37H,4-6,15-16,23-30H2,1-3H3. The molecular formula is C40H51N7O2. The minimum Gasteiger partial charge on any atom is -0.492 e. The van der Waals surface area contributed by atoms with Crippen molar-refractivity contribution >= 4 is 5.88 Å². The van der Waals surface area contributed by atoms with E-state index in [9.17, 15) is 0 Å². The van der Waals surface area contributed by atoms with Crippen molar-refractivity contribution in [3.8, 4) is 5.75 Å². The van der Waals surface area contributed by atoms with Gasteiger partial charge in [0.25, 0.3) is 0 Å². The first-order valence-electron chi connectivity index (χ1n) is 18.0. The van der Waals surface area contributed by atoms with Crippen LogP contribution in [0.3, 0.4) is 0 Å². The number of rotatable bonds is 13. The minimum absolute atomic E-state index is 0.000798. The van der Waals surface area contributed by atoms with Crippen molar-refractivity contribution in [1.29, 1.82) is 0 Å². The molecule has 1 unspecified atom stereocenters. The fourth-order valence-corrected chi connectivity index (χ4v) is 6.72. The van der Waals surface area contributed by atoms with Crippen LogP contribution < -0.4 is 9.64 Å². The van der Waals surface area contributed by atoms with E-state index in [1.807, 2.05) is 4.68 Å². The van der Waals surface area contributed by atoms with Crippen LogP contribution in [0.25, 0.3) is 0 Å². The van der Waals surface area contributed by atoms with Crippen LogP contribution in [0.5, 0.6) is 5.75 Å². The molecule has 0 N–H and O–H groups in total. The van der Waals surface area contributed by atoms with Gasteiger partial charge in [-0.1, -0.05) is 105 Å². The number of oxazole rings is 1. The number of likely N-dealkylation sites (N-methyl/N-ethyl adjacent to an activating group) is 1. The van der Waals surface area contributed by atoms with Crippen molar-refractivity contribution in [3.05, 3.63) is 125 Å². The molecule has 0 fully saturated rings. The number of aryl methyl sites for hydroxylation is 1. The van der Waals surface area contributed by atoms with Gasteiger partial charge in [0.05, 0.1) is 18.8 Å². The van der Waals surface area contributed by atoms with Gasteiger partial charge in [0.15, 0.2) is 0 Å². The lowest BCUT2D eigenvalue weighted by Crippen LogP contribution is -2.30. The molecule has 1 aliphatic rings. The maximum atomic E-state index is 6.96. The number of hydrogen-bond donors (Lipinski definition) is 0. The first-order chi connectivity index (χ1) is 24.1. The van der Waals surface area contributed by atoms with Crippen molar-refractivity contribution in [2.24, 2.45) is 0 Å². The molecule has 6 rings (SSSR count). The molecule has 0 aliphatic carbocycles. The lowest BCUT2D eigenvalue weighted by atomic mass is 10.1. The normalized spacial score (nSPS) is 15.8. The molecule has 0 amide bonds. The Morgan fingerprint density at radius 1 is 0.837 bits per heavy atom. The van der Waals surface area contributed by atoms with E-state index < -0.39 is 0 Å². The van der Waals surface area contributed by atoms with Crippen molar-refractivity contribution < 1.29 is 9.15 Å². The molecule has 0 saturated heterocycles. The molecule has 1 atom stereocenters. The summed E-state index contributed by atoms with van der Waals surface area (Å²) in [6, 6.07) is 29.6. The summed E-state index contributed by atoms with van der Waals surface area (Å²) in [5.41, 5.74) is 5.45. The number of ether oxygens (including phenoxy) is 1. The van der Waals surface area contributed by atoms with Crippen molar-refractivity contribution in [2.75, 3.05) is 37.7 Å². The molecule has 9 heteroatoms. The highest BCUT2D eigenvalue weighted by molar-refractivity contribution is 5.45. The van der Waals surface area contributed by atoms with Gasteiger partial charge in [-0.3, -0.25) is 9.58 Å².